The average Bonchev–Trinajstić information content (AvgIpc) is 2.79. The van der Waals surface area contributed by atoms with Crippen LogP contribution >= 0.6 is 0 Å². The second kappa shape index (κ2) is 7.24. The molecule has 0 atom stereocenters. The van der Waals surface area contributed by atoms with Crippen LogP contribution in [0.15, 0.2) is 0 Å². The number of rotatable bonds is 2. The van der Waals surface area contributed by atoms with E-state index in [4.69, 9.17) is 0 Å². The monoisotopic (exact) mass is 199 g/mol. The maximum Gasteiger partial charge on any atom is 0.0771 e. The van der Waals surface area contributed by atoms with Gasteiger partial charge in [0.05, 0.1) is 20.1 Å². The summed E-state index contributed by atoms with van der Waals surface area (Å²) in [6.45, 7) is 9.08. The first-order valence-corrected chi connectivity index (χ1v) is 6.36. The van der Waals surface area contributed by atoms with Gasteiger partial charge in [0.25, 0.3) is 0 Å². The average molecular weight is 199 g/mol. The van der Waals surface area contributed by atoms with Gasteiger partial charge in [0, 0.05) is 12.8 Å². The van der Waals surface area contributed by atoms with Crippen LogP contribution in [0.4, 0.5) is 0 Å². The Morgan fingerprint density at radius 1 is 1.00 bits per heavy atom. The van der Waals surface area contributed by atoms with Gasteiger partial charge in [-0.25, -0.2) is 0 Å². The second-order valence-electron chi connectivity index (χ2n) is 4.71. The van der Waals surface area contributed by atoms with Gasteiger partial charge in [0.1, 0.15) is 0 Å². The number of likely N-dealkylation sites (tertiary alicyclic amines) is 2. The minimum Gasteiger partial charge on any atom is -0.337 e. The SMILES string of the molecule is CCCN1CCCC1.C[NH+]1CCCC1. The summed E-state index contributed by atoms with van der Waals surface area (Å²) in [6, 6.07) is 0. The van der Waals surface area contributed by atoms with Crippen LogP contribution in [0.1, 0.15) is 39.0 Å². The molecule has 2 rings (SSSR count). The van der Waals surface area contributed by atoms with Gasteiger partial charge in [-0.05, 0) is 38.9 Å². The van der Waals surface area contributed by atoms with E-state index >= 15 is 0 Å². The molecule has 0 bridgehead atoms. The van der Waals surface area contributed by atoms with Gasteiger partial charge in [-0.3, -0.25) is 0 Å². The Morgan fingerprint density at radius 2 is 1.57 bits per heavy atom. The van der Waals surface area contributed by atoms with E-state index in [2.05, 4.69) is 18.9 Å². The third-order valence-electron chi connectivity index (χ3n) is 3.20. The molecule has 2 heterocycles. The van der Waals surface area contributed by atoms with Crippen LogP contribution in [0, 0.1) is 0 Å². The largest absolute Gasteiger partial charge is 0.337 e. The molecule has 2 heteroatoms. The molecular weight excluding hydrogens is 172 g/mol. The Balaban J connectivity index is 0.000000146. The summed E-state index contributed by atoms with van der Waals surface area (Å²) in [7, 11) is 2.26. The molecule has 0 aliphatic carbocycles. The molecule has 1 N–H and O–H groups in total. The van der Waals surface area contributed by atoms with Crippen molar-refractivity contribution in [3.63, 3.8) is 0 Å². The summed E-state index contributed by atoms with van der Waals surface area (Å²) < 4.78 is 0. The highest BCUT2D eigenvalue weighted by Crippen LogP contribution is 2.06. The molecule has 2 fully saturated rings. The summed E-state index contributed by atoms with van der Waals surface area (Å²) in [5, 5.41) is 0. The summed E-state index contributed by atoms with van der Waals surface area (Å²) in [4.78, 5) is 4.25. The van der Waals surface area contributed by atoms with E-state index in [0.29, 0.717) is 0 Å². The van der Waals surface area contributed by atoms with Crippen molar-refractivity contribution in [2.75, 3.05) is 39.8 Å². The standard InChI is InChI=1S/C7H15N.C5H11N/c1-2-5-8-6-3-4-7-8;1-6-4-2-3-5-6/h2-7H2,1H3;2-5H2,1H3/p+1. The van der Waals surface area contributed by atoms with Crippen molar-refractivity contribution in [3.05, 3.63) is 0 Å². The Kier molecular flexibility index (Phi) is 6.20. The Bertz CT molecular complexity index is 124. The Morgan fingerprint density at radius 3 is 1.93 bits per heavy atom. The lowest BCUT2D eigenvalue weighted by atomic mass is 10.4. The van der Waals surface area contributed by atoms with E-state index in [1.165, 1.54) is 64.8 Å². The fourth-order valence-corrected chi connectivity index (χ4v) is 2.30. The predicted molar refractivity (Wildman–Crippen MR) is 61.8 cm³/mol. The third kappa shape index (κ3) is 4.97. The third-order valence-corrected chi connectivity index (χ3v) is 3.20. The van der Waals surface area contributed by atoms with Crippen molar-refractivity contribution >= 4 is 0 Å². The summed E-state index contributed by atoms with van der Waals surface area (Å²) in [6.07, 6.45) is 7.08. The first-order chi connectivity index (χ1) is 6.83. The van der Waals surface area contributed by atoms with Crippen molar-refractivity contribution in [2.24, 2.45) is 0 Å². The maximum atomic E-state index is 2.54. The van der Waals surface area contributed by atoms with Crippen LogP contribution in [-0.4, -0.2) is 44.7 Å². The van der Waals surface area contributed by atoms with E-state index in [9.17, 15) is 0 Å². The molecule has 2 aliphatic heterocycles. The van der Waals surface area contributed by atoms with Crippen LogP contribution in [0.25, 0.3) is 0 Å². The number of nitrogens with one attached hydrogen (secondary N) is 1. The van der Waals surface area contributed by atoms with E-state index in [-0.39, 0.29) is 0 Å². The van der Waals surface area contributed by atoms with Gasteiger partial charge in [0.15, 0.2) is 0 Å². The number of hydrogen-bond donors (Lipinski definition) is 1. The molecule has 0 unspecified atom stereocenters. The van der Waals surface area contributed by atoms with Crippen molar-refractivity contribution in [1.82, 2.24) is 4.90 Å². The lowest BCUT2D eigenvalue weighted by molar-refractivity contribution is -0.866. The molecule has 0 aromatic carbocycles. The topological polar surface area (TPSA) is 7.68 Å². The lowest BCUT2D eigenvalue weighted by Crippen LogP contribution is -3.06. The van der Waals surface area contributed by atoms with Crippen molar-refractivity contribution < 1.29 is 4.90 Å². The number of quaternary nitrogens is 1. The predicted octanol–water partition coefficient (Wildman–Crippen LogP) is 0.787. The minimum atomic E-state index is 1.32. The van der Waals surface area contributed by atoms with Gasteiger partial charge in [-0.2, -0.15) is 0 Å². The fourth-order valence-electron chi connectivity index (χ4n) is 2.30. The molecule has 2 nitrogen and oxygen atoms in total. The second-order valence-corrected chi connectivity index (χ2v) is 4.71. The fraction of sp³-hybridized carbons (Fsp3) is 1.00. The van der Waals surface area contributed by atoms with Crippen molar-refractivity contribution in [2.45, 2.75) is 39.0 Å². The zero-order valence-corrected chi connectivity index (χ0v) is 10.0. The molecule has 84 valence electrons. The van der Waals surface area contributed by atoms with E-state index in [1.807, 2.05) is 0 Å². The van der Waals surface area contributed by atoms with E-state index in [1.54, 1.807) is 4.90 Å². The number of nitrogens with zero attached hydrogens (tertiary/aromatic N) is 1. The molecule has 2 saturated heterocycles. The molecule has 0 amide bonds. The Hall–Kier alpha value is -0.0800. The Labute approximate surface area is 89.3 Å². The minimum absolute atomic E-state index is 1.32. The van der Waals surface area contributed by atoms with Crippen LogP contribution in [-0.2, 0) is 0 Å². The summed E-state index contributed by atoms with van der Waals surface area (Å²) >= 11 is 0. The molecule has 0 aromatic heterocycles. The van der Waals surface area contributed by atoms with Crippen LogP contribution in [0.5, 0.6) is 0 Å². The first kappa shape index (κ1) is 12.0. The molecule has 2 aliphatic rings. The van der Waals surface area contributed by atoms with Crippen LogP contribution < -0.4 is 4.90 Å². The van der Waals surface area contributed by atoms with Gasteiger partial charge in [-0.1, -0.05) is 6.92 Å². The maximum absolute atomic E-state index is 2.54. The highest BCUT2D eigenvalue weighted by Gasteiger charge is 2.08. The normalized spacial score (nSPS) is 23.6. The zero-order chi connectivity index (χ0) is 10.2. The van der Waals surface area contributed by atoms with Gasteiger partial charge >= 0.3 is 0 Å². The molecular formula is C12H27N2+. The smallest absolute Gasteiger partial charge is 0.0771 e. The molecule has 0 aromatic rings. The van der Waals surface area contributed by atoms with E-state index in [0.717, 1.165) is 0 Å². The molecule has 0 saturated carbocycles. The zero-order valence-electron chi connectivity index (χ0n) is 10.0. The van der Waals surface area contributed by atoms with Gasteiger partial charge in [-0.15, -0.1) is 0 Å². The molecule has 14 heavy (non-hydrogen) atoms. The van der Waals surface area contributed by atoms with Crippen molar-refractivity contribution in [1.29, 1.82) is 0 Å². The quantitative estimate of drug-likeness (QED) is 0.691. The highest BCUT2D eigenvalue weighted by atomic mass is 15.1. The first-order valence-electron chi connectivity index (χ1n) is 6.36. The van der Waals surface area contributed by atoms with Crippen molar-refractivity contribution in [3.8, 4) is 0 Å². The number of hydrogen-bond acceptors (Lipinski definition) is 1. The van der Waals surface area contributed by atoms with E-state index < -0.39 is 0 Å². The van der Waals surface area contributed by atoms with Gasteiger partial charge < -0.3 is 9.80 Å². The van der Waals surface area contributed by atoms with Crippen LogP contribution in [0.2, 0.25) is 0 Å². The summed E-state index contributed by atoms with van der Waals surface area (Å²) in [5.74, 6) is 0. The highest BCUT2D eigenvalue weighted by molar-refractivity contribution is 4.64. The molecule has 0 spiro atoms. The van der Waals surface area contributed by atoms with Gasteiger partial charge in [0.2, 0.25) is 0 Å². The molecule has 0 radical (unpaired) electrons. The summed E-state index contributed by atoms with van der Waals surface area (Å²) in [5.41, 5.74) is 0. The van der Waals surface area contributed by atoms with Crippen LogP contribution in [0.3, 0.4) is 0 Å². The lowest BCUT2D eigenvalue weighted by Gasteiger charge is -2.11.